The number of rotatable bonds is 30. The van der Waals surface area contributed by atoms with Crippen molar-refractivity contribution in [1.29, 1.82) is 0 Å². The van der Waals surface area contributed by atoms with Crippen LogP contribution in [0.3, 0.4) is 0 Å². The van der Waals surface area contributed by atoms with Gasteiger partial charge in [-0.2, -0.15) is 0 Å². The van der Waals surface area contributed by atoms with Gasteiger partial charge in [-0.3, -0.25) is 0 Å². The second kappa shape index (κ2) is 31.8. The predicted molar refractivity (Wildman–Crippen MR) is 155 cm³/mol. The van der Waals surface area contributed by atoms with Crippen LogP contribution < -0.4 is 11.5 Å². The van der Waals surface area contributed by atoms with Crippen molar-refractivity contribution in [1.82, 2.24) is 0 Å². The third-order valence-electron chi connectivity index (χ3n) is 5.25. The summed E-state index contributed by atoms with van der Waals surface area (Å²) in [6.45, 7) is 6.75. The summed E-state index contributed by atoms with van der Waals surface area (Å²) in [6, 6.07) is 1.41. The van der Waals surface area contributed by atoms with Crippen molar-refractivity contribution in [3.05, 3.63) is 0 Å². The molecule has 0 atom stereocenters. The molecule has 0 bridgehead atoms. The molecule has 0 aromatic carbocycles. The Kier molecular flexibility index (Phi) is 33.4. The molecule has 0 saturated heterocycles. The van der Waals surface area contributed by atoms with Crippen LogP contribution in [0.2, 0.25) is 12.1 Å². The summed E-state index contributed by atoms with van der Waals surface area (Å²) in [5.41, 5.74) is 11.1. The first kappa shape index (κ1) is 42.0. The zero-order valence-corrected chi connectivity index (χ0v) is 27.8. The van der Waals surface area contributed by atoms with Crippen molar-refractivity contribution >= 4 is 17.6 Å². The van der Waals surface area contributed by atoms with Crippen molar-refractivity contribution in [2.75, 3.05) is 135 Å². The fraction of sp³-hybridized carbons (Fsp3) is 1.00. The molecule has 0 aliphatic rings. The largest absolute Gasteiger partial charge is 0.501 e. The minimum absolute atomic E-state index is 0.371. The third-order valence-corrected chi connectivity index (χ3v) is 11.0. The summed E-state index contributed by atoms with van der Waals surface area (Å²) in [5, 5.41) is 0. The van der Waals surface area contributed by atoms with Crippen LogP contribution >= 0.6 is 0 Å². The van der Waals surface area contributed by atoms with Crippen LogP contribution in [-0.2, 0) is 55.0 Å². The average molecular weight is 623 g/mol. The molecule has 0 amide bonds. The molecule has 40 heavy (non-hydrogen) atoms. The summed E-state index contributed by atoms with van der Waals surface area (Å²) in [6.07, 6.45) is 1.62. The van der Waals surface area contributed by atoms with E-state index in [9.17, 15) is 0 Å². The highest BCUT2D eigenvalue weighted by Crippen LogP contribution is 2.18. The predicted octanol–water partition coefficient (Wildman–Crippen LogP) is 0.526. The maximum Gasteiger partial charge on any atom is 0.501 e. The zero-order valence-electron chi connectivity index (χ0n) is 25.8. The Balaban J connectivity index is 0. The van der Waals surface area contributed by atoms with Crippen molar-refractivity contribution < 1.29 is 55.0 Å². The molecule has 4 N–H and O–H groups in total. The highest BCUT2D eigenvalue weighted by atomic mass is 28.4. The van der Waals surface area contributed by atoms with Gasteiger partial charge in [0.1, 0.15) is 0 Å². The Morgan fingerprint density at radius 1 is 0.400 bits per heavy atom. The molecule has 0 heterocycles. The van der Waals surface area contributed by atoms with Crippen LogP contribution in [0.4, 0.5) is 0 Å². The van der Waals surface area contributed by atoms with Gasteiger partial charge in [0.05, 0.1) is 79.3 Å². The molecule has 14 nitrogen and oxygen atoms in total. The molecule has 0 saturated carbocycles. The Labute approximate surface area is 244 Å². The summed E-state index contributed by atoms with van der Waals surface area (Å²) < 4.78 is 65.1. The fourth-order valence-corrected chi connectivity index (χ4v) is 7.29. The van der Waals surface area contributed by atoms with Gasteiger partial charge in [-0.25, -0.2) is 0 Å². The maximum absolute atomic E-state index is 6.08. The van der Waals surface area contributed by atoms with Gasteiger partial charge in [0.2, 0.25) is 0 Å². The van der Waals surface area contributed by atoms with Gasteiger partial charge in [0, 0.05) is 54.7 Å². The number of hydrogen-bond donors (Lipinski definition) is 2. The summed E-state index contributed by atoms with van der Waals surface area (Å²) >= 11 is 0. The van der Waals surface area contributed by atoms with Gasteiger partial charge in [-0.15, -0.1) is 0 Å². The molecular formula is C24H58N2O12Si2. The van der Waals surface area contributed by atoms with E-state index in [0.29, 0.717) is 98.4 Å². The normalized spacial score (nSPS) is 12.0. The van der Waals surface area contributed by atoms with E-state index in [-0.39, 0.29) is 0 Å². The standard InChI is InChI=1S/C18H41NO9Si.C6H17NO3Si/c1-20-6-9-23-12-15-26-29(18-4-5-19,27-16-13-24-10-7-21-2)28-17-14-25-11-8-22-3;1-8-11(9-2,10-3)6-4-5-7/h4-19H2,1-3H3;4-7H2,1-3H3. The Bertz CT molecular complexity index is 452. The molecule has 0 aliphatic carbocycles. The first-order chi connectivity index (χ1) is 19.5. The summed E-state index contributed by atoms with van der Waals surface area (Å²) in [4.78, 5) is 0. The van der Waals surface area contributed by atoms with Gasteiger partial charge >= 0.3 is 17.6 Å². The second-order valence-electron chi connectivity index (χ2n) is 8.12. The molecule has 0 spiro atoms. The molecule has 0 aromatic rings. The van der Waals surface area contributed by atoms with E-state index in [0.717, 1.165) is 18.9 Å². The van der Waals surface area contributed by atoms with Gasteiger partial charge in [0.15, 0.2) is 0 Å². The minimum Gasteiger partial charge on any atom is -0.382 e. The Hall–Kier alpha value is -0.126. The topological polar surface area (TPSA) is 163 Å². The van der Waals surface area contributed by atoms with Crippen molar-refractivity contribution in [2.45, 2.75) is 24.9 Å². The quantitative estimate of drug-likeness (QED) is 0.0842. The smallest absolute Gasteiger partial charge is 0.382 e. The molecule has 16 heteroatoms. The van der Waals surface area contributed by atoms with E-state index in [1.165, 1.54) is 0 Å². The molecule has 0 unspecified atom stereocenters. The lowest BCUT2D eigenvalue weighted by molar-refractivity contribution is -0.0111. The number of ether oxygens (including phenoxy) is 6. The SMILES string of the molecule is COCCOCCO[Si](CCCN)(OCCOCCOC)OCCOCCOC.CO[Si](CCCN)(OC)OC. The highest BCUT2D eigenvalue weighted by molar-refractivity contribution is 6.61. The molecular weight excluding hydrogens is 564 g/mol. The number of nitrogens with two attached hydrogens (primary N) is 2. The van der Waals surface area contributed by atoms with Gasteiger partial charge < -0.3 is 66.4 Å². The van der Waals surface area contributed by atoms with Gasteiger partial charge in [-0.1, -0.05) is 0 Å². The fourth-order valence-electron chi connectivity index (χ4n) is 3.04. The average Bonchev–Trinajstić information content (AvgIpc) is 2.98. The molecule has 0 aliphatic heterocycles. The van der Waals surface area contributed by atoms with Crippen LogP contribution in [0.15, 0.2) is 0 Å². The van der Waals surface area contributed by atoms with Crippen molar-refractivity contribution in [3.63, 3.8) is 0 Å². The molecule has 0 radical (unpaired) electrons. The first-order valence-corrected chi connectivity index (χ1v) is 17.5. The van der Waals surface area contributed by atoms with E-state index in [1.54, 1.807) is 42.7 Å². The van der Waals surface area contributed by atoms with Gasteiger partial charge in [0.25, 0.3) is 0 Å². The van der Waals surface area contributed by atoms with Crippen LogP contribution in [0.25, 0.3) is 0 Å². The zero-order chi connectivity index (χ0) is 30.2. The van der Waals surface area contributed by atoms with E-state index in [1.807, 2.05) is 0 Å². The maximum atomic E-state index is 6.08. The Morgan fingerprint density at radius 3 is 0.975 bits per heavy atom. The van der Waals surface area contributed by atoms with Crippen LogP contribution in [0.1, 0.15) is 12.8 Å². The van der Waals surface area contributed by atoms with Crippen LogP contribution in [0.5, 0.6) is 0 Å². The molecule has 0 aromatic heterocycles. The molecule has 0 rings (SSSR count). The lowest BCUT2D eigenvalue weighted by Crippen LogP contribution is -2.48. The number of hydrogen-bond acceptors (Lipinski definition) is 14. The number of methoxy groups -OCH3 is 3. The highest BCUT2D eigenvalue weighted by Gasteiger charge is 2.40. The van der Waals surface area contributed by atoms with Gasteiger partial charge in [-0.05, 0) is 25.9 Å². The third kappa shape index (κ3) is 24.5. The van der Waals surface area contributed by atoms with Crippen LogP contribution in [0, 0.1) is 0 Å². The lowest BCUT2D eigenvalue weighted by Gasteiger charge is -2.30. The minimum atomic E-state index is -2.94. The van der Waals surface area contributed by atoms with E-state index in [4.69, 9.17) is 66.4 Å². The summed E-state index contributed by atoms with van der Waals surface area (Å²) in [7, 11) is 4.47. The molecule has 0 fully saturated rings. The van der Waals surface area contributed by atoms with E-state index in [2.05, 4.69) is 0 Å². The Morgan fingerprint density at radius 2 is 0.700 bits per heavy atom. The van der Waals surface area contributed by atoms with Crippen molar-refractivity contribution in [3.8, 4) is 0 Å². The summed E-state index contributed by atoms with van der Waals surface area (Å²) in [5.74, 6) is 0. The van der Waals surface area contributed by atoms with E-state index >= 15 is 0 Å². The first-order valence-electron chi connectivity index (χ1n) is 13.7. The monoisotopic (exact) mass is 622 g/mol. The second-order valence-corrected chi connectivity index (χ2v) is 13.9. The van der Waals surface area contributed by atoms with E-state index < -0.39 is 17.6 Å². The van der Waals surface area contributed by atoms with Crippen molar-refractivity contribution in [2.24, 2.45) is 11.5 Å². The molecule has 244 valence electrons. The van der Waals surface area contributed by atoms with Crippen LogP contribution in [-0.4, -0.2) is 153 Å². The lowest BCUT2D eigenvalue weighted by atomic mass is 10.5.